The van der Waals surface area contributed by atoms with E-state index in [0.717, 1.165) is 19.3 Å². The molecular weight excluding hydrogens is 466 g/mol. The van der Waals surface area contributed by atoms with Gasteiger partial charge in [-0.3, -0.25) is 13.9 Å². The van der Waals surface area contributed by atoms with Gasteiger partial charge in [-0.05, 0) is 54.6 Å². The maximum Gasteiger partial charge on any atom is 0.380 e. The lowest BCUT2D eigenvalue weighted by Crippen LogP contribution is -2.23. The van der Waals surface area contributed by atoms with Crippen molar-refractivity contribution in [3.8, 4) is 0 Å². The first-order chi connectivity index (χ1) is 15.4. The summed E-state index contributed by atoms with van der Waals surface area (Å²) >= 11 is 10.8. The highest BCUT2D eigenvalue weighted by molar-refractivity contribution is 8.05. The lowest BCUT2D eigenvalue weighted by atomic mass is 10.0. The fourth-order valence-electron chi connectivity index (χ4n) is 3.78. The number of carbonyl (C=O) groups excluding carboxylic acids is 1. The molecule has 1 atom stereocenters. The van der Waals surface area contributed by atoms with Crippen molar-refractivity contribution in [2.75, 3.05) is 6.61 Å². The first-order valence-electron chi connectivity index (χ1n) is 12.9. The molecule has 0 aliphatic carbocycles. The molecule has 0 heterocycles. The van der Waals surface area contributed by atoms with Crippen LogP contribution in [-0.2, 0) is 13.9 Å². The van der Waals surface area contributed by atoms with E-state index in [0.29, 0.717) is 6.42 Å². The average Bonchev–Trinajstić information content (AvgIpc) is 2.74. The Labute approximate surface area is 206 Å². The fourth-order valence-corrected chi connectivity index (χ4v) is 4.87. The van der Waals surface area contributed by atoms with E-state index in [1.165, 1.54) is 89.9 Å². The van der Waals surface area contributed by atoms with Gasteiger partial charge < -0.3 is 5.11 Å². The normalized spacial score (nSPS) is 13.1. The van der Waals surface area contributed by atoms with Crippen LogP contribution in [0.25, 0.3) is 0 Å². The van der Waals surface area contributed by atoms with Crippen LogP contribution in [0, 0.1) is 0 Å². The van der Waals surface area contributed by atoms with Gasteiger partial charge >= 0.3 is 6.07 Å². The van der Waals surface area contributed by atoms with E-state index in [4.69, 9.17) is 32.1 Å². The molecule has 1 unspecified atom stereocenters. The number of carbonyl (C=O) groups is 1. The highest BCUT2D eigenvalue weighted by atomic mass is 35.9. The van der Waals surface area contributed by atoms with E-state index in [-0.39, 0.29) is 18.8 Å². The number of halogens is 2. The van der Waals surface area contributed by atoms with Gasteiger partial charge in [-0.1, -0.05) is 96.1 Å². The molecule has 0 aliphatic heterocycles. The topological polar surface area (TPSA) is 63.6 Å². The molecule has 32 heavy (non-hydrogen) atoms. The van der Waals surface area contributed by atoms with Gasteiger partial charge in [-0.15, -0.1) is 0 Å². The maximum atomic E-state index is 12.1. The fraction of sp³-hybridized carbons (Fsp3) is 0.880. The smallest absolute Gasteiger partial charge is 0.380 e. The molecule has 1 N–H and O–H groups in total. The third-order valence-corrected chi connectivity index (χ3v) is 6.66. The Balaban J connectivity index is 3.46. The number of hydrogen-bond donors (Lipinski definition) is 1. The van der Waals surface area contributed by atoms with Crippen LogP contribution in [-0.4, -0.2) is 23.6 Å². The van der Waals surface area contributed by atoms with Crippen LogP contribution in [0.1, 0.15) is 129 Å². The zero-order valence-electron chi connectivity index (χ0n) is 20.2. The molecule has 0 radical (unpaired) electrons. The molecule has 0 bridgehead atoms. The minimum absolute atomic E-state index is 0.0666. The second-order valence-electron chi connectivity index (χ2n) is 8.74. The Morgan fingerprint density at radius 1 is 0.812 bits per heavy atom. The summed E-state index contributed by atoms with van der Waals surface area (Å²) in [7, 11) is 0. The summed E-state index contributed by atoms with van der Waals surface area (Å²) in [5.41, 5.74) is 0. The number of rotatable bonds is 24. The highest BCUT2D eigenvalue weighted by Gasteiger charge is 2.26. The number of Topliss-reactive ketones (excluding diaryl/α,β-unsaturated/α-hetero) is 1. The summed E-state index contributed by atoms with van der Waals surface area (Å²) in [5, 5.41) is 9.01. The summed E-state index contributed by atoms with van der Waals surface area (Å²) in [4.78, 5) is 12.1. The molecule has 0 rings (SSSR count). The summed E-state index contributed by atoms with van der Waals surface area (Å²) in [5.74, 6) is -0.193. The molecule has 0 aliphatic rings. The Bertz CT molecular complexity index is 508. The van der Waals surface area contributed by atoms with E-state index in [1.807, 2.05) is 0 Å². The van der Waals surface area contributed by atoms with Crippen molar-refractivity contribution >= 4 is 34.3 Å². The molecule has 0 aromatic heterocycles. The molecule has 0 aromatic rings. The number of unbranched alkanes of at least 4 members (excludes halogenated alkanes) is 15. The summed E-state index contributed by atoms with van der Waals surface area (Å²) in [6.07, 6.45) is 21.6. The first kappa shape index (κ1) is 32.1. The van der Waals surface area contributed by atoms with Gasteiger partial charge in [0.25, 0.3) is 0 Å². The van der Waals surface area contributed by atoms with Crippen molar-refractivity contribution in [2.45, 2.75) is 135 Å². The monoisotopic (exact) mass is 512 g/mol. The van der Waals surface area contributed by atoms with E-state index >= 15 is 0 Å². The molecule has 190 valence electrons. The standard InChI is InChI=1S/C25H47Cl2O4P/c1-2-3-4-5-6-7-8-9-10-11-12-13-14-15-16-17-18-19-20-21-24(29)25(22-23-28)31-32(26,27)30/h9-10,25,28H,2-8,11-23H2,1H3. The quantitative estimate of drug-likeness (QED) is 0.0793. The molecule has 0 aromatic carbocycles. The van der Waals surface area contributed by atoms with Gasteiger partial charge in [0.1, 0.15) is 6.10 Å². The van der Waals surface area contributed by atoms with Crippen LogP contribution in [0.3, 0.4) is 0 Å². The van der Waals surface area contributed by atoms with Crippen molar-refractivity contribution in [1.82, 2.24) is 0 Å². The predicted octanol–water partition coefficient (Wildman–Crippen LogP) is 9.51. The Hall–Kier alpha value is 0.140. The van der Waals surface area contributed by atoms with E-state index in [1.54, 1.807) is 0 Å². The Kier molecular flexibility index (Phi) is 23.0. The average molecular weight is 514 g/mol. The van der Waals surface area contributed by atoms with Gasteiger partial charge in [0.2, 0.25) is 0 Å². The minimum atomic E-state index is -3.78. The van der Waals surface area contributed by atoms with Gasteiger partial charge in [0.15, 0.2) is 5.78 Å². The second kappa shape index (κ2) is 22.9. The lowest BCUT2D eigenvalue weighted by Gasteiger charge is -2.15. The van der Waals surface area contributed by atoms with Crippen molar-refractivity contribution < 1.29 is 19.0 Å². The third kappa shape index (κ3) is 23.3. The van der Waals surface area contributed by atoms with Crippen molar-refractivity contribution in [3.63, 3.8) is 0 Å². The highest BCUT2D eigenvalue weighted by Crippen LogP contribution is 2.58. The van der Waals surface area contributed by atoms with E-state index in [2.05, 4.69) is 19.1 Å². The SMILES string of the molecule is CCCCCCCCC=CCCCCCCCCCCCC(=O)C(CCO)OP(=O)(Cl)Cl. The lowest BCUT2D eigenvalue weighted by molar-refractivity contribution is -0.126. The molecule has 0 amide bonds. The van der Waals surface area contributed by atoms with Crippen LogP contribution in [0.15, 0.2) is 12.2 Å². The van der Waals surface area contributed by atoms with Crippen LogP contribution < -0.4 is 0 Å². The second-order valence-corrected chi connectivity index (χ2v) is 13.0. The minimum Gasteiger partial charge on any atom is -0.396 e. The van der Waals surface area contributed by atoms with Gasteiger partial charge in [-0.25, -0.2) is 0 Å². The zero-order chi connectivity index (χ0) is 23.9. The molecule has 4 nitrogen and oxygen atoms in total. The molecule has 0 fully saturated rings. The predicted molar refractivity (Wildman–Crippen MR) is 139 cm³/mol. The number of aliphatic hydroxyl groups is 1. The van der Waals surface area contributed by atoms with Gasteiger partial charge in [0.05, 0.1) is 0 Å². The summed E-state index contributed by atoms with van der Waals surface area (Å²) < 4.78 is 16.2. The molecule has 0 saturated carbocycles. The molecule has 0 saturated heterocycles. The van der Waals surface area contributed by atoms with E-state index < -0.39 is 12.2 Å². The summed E-state index contributed by atoms with van der Waals surface area (Å²) in [6.45, 7) is 2.03. The molecule has 7 heteroatoms. The number of aliphatic hydroxyl groups excluding tert-OH is 1. The Morgan fingerprint density at radius 3 is 1.69 bits per heavy atom. The molecule has 0 spiro atoms. The number of allylic oxidation sites excluding steroid dienone is 2. The summed E-state index contributed by atoms with van der Waals surface area (Å²) in [6, 6.07) is 0. The Morgan fingerprint density at radius 2 is 1.25 bits per heavy atom. The van der Waals surface area contributed by atoms with E-state index in [9.17, 15) is 9.36 Å². The van der Waals surface area contributed by atoms with Gasteiger partial charge in [-0.2, -0.15) is 0 Å². The number of hydrogen-bond acceptors (Lipinski definition) is 4. The van der Waals surface area contributed by atoms with Gasteiger partial charge in [0, 0.05) is 19.4 Å². The largest absolute Gasteiger partial charge is 0.396 e. The maximum absolute atomic E-state index is 12.1. The van der Waals surface area contributed by atoms with Crippen molar-refractivity contribution in [1.29, 1.82) is 0 Å². The van der Waals surface area contributed by atoms with Crippen LogP contribution in [0.5, 0.6) is 0 Å². The number of ketones is 1. The zero-order valence-corrected chi connectivity index (χ0v) is 22.7. The van der Waals surface area contributed by atoms with Crippen LogP contribution in [0.4, 0.5) is 0 Å². The first-order valence-corrected chi connectivity index (χ1v) is 16.3. The molecular formula is C25H47Cl2O4P. The van der Waals surface area contributed by atoms with Crippen LogP contribution in [0.2, 0.25) is 0 Å². The third-order valence-electron chi connectivity index (χ3n) is 5.69. The van der Waals surface area contributed by atoms with Crippen molar-refractivity contribution in [2.24, 2.45) is 0 Å². The van der Waals surface area contributed by atoms with Crippen LogP contribution >= 0.6 is 28.6 Å². The van der Waals surface area contributed by atoms with Crippen molar-refractivity contribution in [3.05, 3.63) is 12.2 Å².